The van der Waals surface area contributed by atoms with Gasteiger partial charge in [-0.1, -0.05) is 17.7 Å². The Hall–Kier alpha value is -3.04. The Kier molecular flexibility index (Phi) is 5.33. The van der Waals surface area contributed by atoms with Crippen molar-refractivity contribution < 1.29 is 4.79 Å². The summed E-state index contributed by atoms with van der Waals surface area (Å²) in [6.45, 7) is 6.29. The number of halogens is 1. The van der Waals surface area contributed by atoms with Gasteiger partial charge in [-0.05, 0) is 45.0 Å². The van der Waals surface area contributed by atoms with E-state index in [4.69, 9.17) is 16.9 Å². The first-order valence-electron chi connectivity index (χ1n) is 8.58. The topological polar surface area (TPSA) is 86.5 Å². The highest BCUT2D eigenvalue weighted by molar-refractivity contribution is 6.32. The van der Waals surface area contributed by atoms with Gasteiger partial charge < -0.3 is 10.3 Å². The van der Waals surface area contributed by atoms with Crippen molar-refractivity contribution in [1.82, 2.24) is 20.1 Å². The van der Waals surface area contributed by atoms with Crippen LogP contribution in [0.2, 0.25) is 5.02 Å². The summed E-state index contributed by atoms with van der Waals surface area (Å²) < 4.78 is 1.78. The van der Waals surface area contributed by atoms with Crippen LogP contribution >= 0.6 is 11.6 Å². The summed E-state index contributed by atoms with van der Waals surface area (Å²) >= 11 is 6.09. The highest BCUT2D eigenvalue weighted by atomic mass is 35.5. The standard InChI is InChI=1S/C20H20ClN5O/c1-12-8-17(14(3)23-12)20(27)24-13(2)11-26-7-6-19(25-26)15-4-5-16(10-22)18(21)9-15/h4-9,13,23H,11H2,1-3H3,(H,24,27)/t13-/m0/s1. The van der Waals surface area contributed by atoms with E-state index in [-0.39, 0.29) is 11.9 Å². The second kappa shape index (κ2) is 7.68. The predicted molar refractivity (Wildman–Crippen MR) is 105 cm³/mol. The first-order valence-corrected chi connectivity index (χ1v) is 8.95. The number of hydrogen-bond acceptors (Lipinski definition) is 3. The summed E-state index contributed by atoms with van der Waals surface area (Å²) in [7, 11) is 0. The van der Waals surface area contributed by atoms with Gasteiger partial charge >= 0.3 is 0 Å². The molecule has 0 saturated carbocycles. The van der Waals surface area contributed by atoms with Crippen LogP contribution in [0, 0.1) is 25.2 Å². The number of benzene rings is 1. The average Bonchev–Trinajstić information content (AvgIpc) is 3.20. The minimum atomic E-state index is -0.101. The van der Waals surface area contributed by atoms with E-state index in [1.807, 2.05) is 51.2 Å². The summed E-state index contributed by atoms with van der Waals surface area (Å²) in [5.41, 5.74) is 4.52. The Morgan fingerprint density at radius 1 is 1.37 bits per heavy atom. The van der Waals surface area contributed by atoms with Crippen molar-refractivity contribution in [3.63, 3.8) is 0 Å². The minimum absolute atomic E-state index is 0.0931. The Morgan fingerprint density at radius 2 is 2.15 bits per heavy atom. The SMILES string of the molecule is Cc1cc(C(=O)N[C@@H](C)Cn2ccc(-c3ccc(C#N)c(Cl)c3)n2)c(C)[nH]1. The molecule has 0 aliphatic heterocycles. The highest BCUT2D eigenvalue weighted by Crippen LogP contribution is 2.24. The number of carbonyl (C=O) groups excluding carboxylic acids is 1. The molecular weight excluding hydrogens is 362 g/mol. The smallest absolute Gasteiger partial charge is 0.253 e. The molecule has 2 N–H and O–H groups in total. The van der Waals surface area contributed by atoms with Gasteiger partial charge in [-0.3, -0.25) is 9.48 Å². The molecule has 27 heavy (non-hydrogen) atoms. The molecule has 3 rings (SSSR count). The molecule has 2 heterocycles. The quantitative estimate of drug-likeness (QED) is 0.703. The molecule has 0 aliphatic rings. The molecule has 2 aromatic heterocycles. The normalized spacial score (nSPS) is 11.8. The van der Waals surface area contributed by atoms with Crippen molar-refractivity contribution >= 4 is 17.5 Å². The minimum Gasteiger partial charge on any atom is -0.362 e. The molecule has 0 unspecified atom stereocenters. The maximum atomic E-state index is 12.4. The molecule has 1 atom stereocenters. The summed E-state index contributed by atoms with van der Waals surface area (Å²) in [5, 5.41) is 16.9. The van der Waals surface area contributed by atoms with Crippen molar-refractivity contribution in [2.45, 2.75) is 33.4 Å². The molecule has 1 aromatic carbocycles. The van der Waals surface area contributed by atoms with E-state index < -0.39 is 0 Å². The summed E-state index contributed by atoms with van der Waals surface area (Å²) in [6.07, 6.45) is 1.86. The molecule has 3 aromatic rings. The predicted octanol–water partition coefficient (Wildman–Crippen LogP) is 3.84. The van der Waals surface area contributed by atoms with Crippen LogP contribution in [-0.4, -0.2) is 26.7 Å². The van der Waals surface area contributed by atoms with E-state index >= 15 is 0 Å². The highest BCUT2D eigenvalue weighted by Gasteiger charge is 2.15. The third-order valence-electron chi connectivity index (χ3n) is 4.26. The molecule has 0 spiro atoms. The number of aromatic nitrogens is 3. The van der Waals surface area contributed by atoms with Gasteiger partial charge in [0.25, 0.3) is 5.91 Å². The summed E-state index contributed by atoms with van der Waals surface area (Å²) in [6, 6.07) is 10.9. The van der Waals surface area contributed by atoms with Crippen molar-refractivity contribution in [1.29, 1.82) is 5.26 Å². The molecule has 0 fully saturated rings. The number of carbonyl (C=O) groups is 1. The zero-order chi connectivity index (χ0) is 19.6. The maximum absolute atomic E-state index is 12.4. The fraction of sp³-hybridized carbons (Fsp3) is 0.250. The van der Waals surface area contributed by atoms with Crippen molar-refractivity contribution in [2.24, 2.45) is 0 Å². The lowest BCUT2D eigenvalue weighted by atomic mass is 10.1. The fourth-order valence-corrected chi connectivity index (χ4v) is 3.19. The van der Waals surface area contributed by atoms with Crippen molar-refractivity contribution in [3.05, 3.63) is 64.1 Å². The number of H-pyrrole nitrogens is 1. The van der Waals surface area contributed by atoms with E-state index in [1.165, 1.54) is 0 Å². The van der Waals surface area contributed by atoms with E-state index in [2.05, 4.69) is 15.4 Å². The number of aryl methyl sites for hydroxylation is 2. The van der Waals surface area contributed by atoms with Gasteiger partial charge in [0, 0.05) is 29.2 Å². The van der Waals surface area contributed by atoms with Gasteiger partial charge in [-0.2, -0.15) is 10.4 Å². The number of nitrogens with one attached hydrogen (secondary N) is 2. The second-order valence-corrected chi connectivity index (χ2v) is 7.00. The molecule has 7 heteroatoms. The molecule has 138 valence electrons. The molecule has 0 saturated heterocycles. The first kappa shape index (κ1) is 18.7. The van der Waals surface area contributed by atoms with Crippen LogP contribution in [0.1, 0.15) is 34.2 Å². The number of hydrogen-bond donors (Lipinski definition) is 2. The van der Waals surface area contributed by atoms with E-state index in [1.54, 1.807) is 16.8 Å². The van der Waals surface area contributed by atoms with E-state index in [0.717, 1.165) is 22.6 Å². The van der Waals surface area contributed by atoms with Crippen molar-refractivity contribution in [3.8, 4) is 17.3 Å². The Morgan fingerprint density at radius 3 is 2.78 bits per heavy atom. The molecule has 0 aliphatic carbocycles. The molecule has 0 radical (unpaired) electrons. The lowest BCUT2D eigenvalue weighted by molar-refractivity contribution is 0.0935. The van der Waals surface area contributed by atoms with Gasteiger partial charge in [0.05, 0.1) is 28.4 Å². The number of aromatic amines is 1. The first-order chi connectivity index (χ1) is 12.9. The van der Waals surface area contributed by atoms with Gasteiger partial charge in [0.15, 0.2) is 0 Å². The lowest BCUT2D eigenvalue weighted by Crippen LogP contribution is -2.36. The maximum Gasteiger partial charge on any atom is 0.253 e. The van der Waals surface area contributed by atoms with Crippen LogP contribution in [0.25, 0.3) is 11.3 Å². The molecule has 0 bridgehead atoms. The lowest BCUT2D eigenvalue weighted by Gasteiger charge is -2.14. The van der Waals surface area contributed by atoms with E-state index in [0.29, 0.717) is 22.7 Å². The van der Waals surface area contributed by atoms with Crippen molar-refractivity contribution in [2.75, 3.05) is 0 Å². The average molecular weight is 382 g/mol. The van der Waals surface area contributed by atoms with Crippen LogP contribution in [0.3, 0.4) is 0 Å². The van der Waals surface area contributed by atoms with Crippen LogP contribution in [0.15, 0.2) is 36.5 Å². The van der Waals surface area contributed by atoms with Gasteiger partial charge in [0.1, 0.15) is 6.07 Å². The zero-order valence-electron chi connectivity index (χ0n) is 15.4. The van der Waals surface area contributed by atoms with Crippen LogP contribution < -0.4 is 5.32 Å². The number of rotatable bonds is 5. The third-order valence-corrected chi connectivity index (χ3v) is 4.57. The number of nitrogens with zero attached hydrogens (tertiary/aromatic N) is 3. The Bertz CT molecular complexity index is 1030. The van der Waals surface area contributed by atoms with Crippen LogP contribution in [0.5, 0.6) is 0 Å². The van der Waals surface area contributed by atoms with Gasteiger partial charge in [0.2, 0.25) is 0 Å². The largest absolute Gasteiger partial charge is 0.362 e. The van der Waals surface area contributed by atoms with Gasteiger partial charge in [-0.15, -0.1) is 0 Å². The monoisotopic (exact) mass is 381 g/mol. The number of amides is 1. The zero-order valence-corrected chi connectivity index (χ0v) is 16.1. The van der Waals surface area contributed by atoms with Gasteiger partial charge in [-0.25, -0.2) is 0 Å². The number of nitriles is 1. The van der Waals surface area contributed by atoms with Crippen LogP contribution in [-0.2, 0) is 6.54 Å². The Balaban J connectivity index is 1.67. The van der Waals surface area contributed by atoms with Crippen LogP contribution in [0.4, 0.5) is 0 Å². The molecule has 1 amide bonds. The summed E-state index contributed by atoms with van der Waals surface area (Å²) in [5.74, 6) is -0.101. The molecular formula is C20H20ClN5O. The summed E-state index contributed by atoms with van der Waals surface area (Å²) in [4.78, 5) is 15.5. The fourth-order valence-electron chi connectivity index (χ4n) is 2.97. The second-order valence-electron chi connectivity index (χ2n) is 6.59. The third kappa shape index (κ3) is 4.21. The Labute approximate surface area is 162 Å². The van der Waals surface area contributed by atoms with E-state index in [9.17, 15) is 4.79 Å². The molecule has 6 nitrogen and oxygen atoms in total.